The SMILES string of the molecule is COc1ccc(C2NC(=S)Nc3nc4c(c(N)c32)CCCC4)cc1. The Bertz CT molecular complexity index is 804. The number of nitrogens with two attached hydrogens (primary N) is 1. The van der Waals surface area contributed by atoms with E-state index in [0.29, 0.717) is 5.11 Å². The van der Waals surface area contributed by atoms with Crippen LogP contribution in [-0.2, 0) is 12.8 Å². The quantitative estimate of drug-likeness (QED) is 0.730. The van der Waals surface area contributed by atoms with Gasteiger partial charge in [-0.15, -0.1) is 0 Å². The Labute approximate surface area is 146 Å². The summed E-state index contributed by atoms with van der Waals surface area (Å²) in [4.78, 5) is 4.83. The van der Waals surface area contributed by atoms with E-state index >= 15 is 0 Å². The maximum atomic E-state index is 6.57. The molecule has 1 unspecified atom stereocenters. The van der Waals surface area contributed by atoms with Crippen molar-refractivity contribution >= 4 is 28.8 Å². The Morgan fingerprint density at radius 3 is 2.71 bits per heavy atom. The van der Waals surface area contributed by atoms with Gasteiger partial charge in [-0.25, -0.2) is 4.98 Å². The number of nitrogens with one attached hydrogen (secondary N) is 2. The van der Waals surface area contributed by atoms with Gasteiger partial charge in [-0.2, -0.15) is 0 Å². The van der Waals surface area contributed by atoms with E-state index in [0.717, 1.165) is 46.9 Å². The number of aromatic nitrogens is 1. The van der Waals surface area contributed by atoms with Gasteiger partial charge in [0.25, 0.3) is 0 Å². The van der Waals surface area contributed by atoms with Gasteiger partial charge in [0, 0.05) is 16.9 Å². The molecule has 0 radical (unpaired) electrons. The highest BCUT2D eigenvalue weighted by Gasteiger charge is 2.30. The predicted octanol–water partition coefficient (Wildman–Crippen LogP) is 2.94. The van der Waals surface area contributed by atoms with Crippen molar-refractivity contribution in [3.63, 3.8) is 0 Å². The van der Waals surface area contributed by atoms with E-state index < -0.39 is 0 Å². The fourth-order valence-corrected chi connectivity index (χ4v) is 3.78. The minimum Gasteiger partial charge on any atom is -0.497 e. The van der Waals surface area contributed by atoms with Crippen LogP contribution in [-0.4, -0.2) is 17.2 Å². The van der Waals surface area contributed by atoms with Crippen molar-refractivity contribution in [3.05, 3.63) is 46.6 Å². The van der Waals surface area contributed by atoms with Crippen LogP contribution in [0.3, 0.4) is 0 Å². The van der Waals surface area contributed by atoms with E-state index in [2.05, 4.69) is 10.6 Å². The van der Waals surface area contributed by atoms with Crippen LogP contribution in [0.25, 0.3) is 0 Å². The minimum absolute atomic E-state index is 0.0978. The fourth-order valence-electron chi connectivity index (χ4n) is 3.57. The number of hydrogen-bond acceptors (Lipinski definition) is 4. The second-order valence-electron chi connectivity index (χ2n) is 6.22. The third-order valence-corrected chi connectivity index (χ3v) is 5.02. The summed E-state index contributed by atoms with van der Waals surface area (Å²) < 4.78 is 5.25. The number of nitrogen functional groups attached to an aromatic ring is 1. The Morgan fingerprint density at radius 1 is 1.21 bits per heavy atom. The highest BCUT2D eigenvalue weighted by molar-refractivity contribution is 7.80. The third-order valence-electron chi connectivity index (χ3n) is 4.80. The third kappa shape index (κ3) is 2.47. The average Bonchev–Trinajstić information content (AvgIpc) is 2.61. The minimum atomic E-state index is -0.0978. The number of thiocarbonyl (C=S) groups is 1. The van der Waals surface area contributed by atoms with E-state index in [9.17, 15) is 0 Å². The molecule has 2 aromatic rings. The van der Waals surface area contributed by atoms with Crippen LogP contribution in [0.4, 0.5) is 11.5 Å². The zero-order valence-corrected chi connectivity index (χ0v) is 14.4. The summed E-state index contributed by atoms with van der Waals surface area (Å²) in [6.07, 6.45) is 4.33. The molecule has 24 heavy (non-hydrogen) atoms. The molecular weight excluding hydrogens is 320 g/mol. The topological polar surface area (TPSA) is 72.2 Å². The zero-order valence-electron chi connectivity index (χ0n) is 13.6. The summed E-state index contributed by atoms with van der Waals surface area (Å²) in [5.41, 5.74) is 11.8. The first-order chi connectivity index (χ1) is 11.7. The van der Waals surface area contributed by atoms with Crippen molar-refractivity contribution in [2.24, 2.45) is 0 Å². The highest BCUT2D eigenvalue weighted by Crippen LogP contribution is 2.39. The highest BCUT2D eigenvalue weighted by atomic mass is 32.1. The van der Waals surface area contributed by atoms with Crippen LogP contribution in [0, 0.1) is 0 Å². The number of aryl methyl sites for hydroxylation is 1. The van der Waals surface area contributed by atoms with Gasteiger partial charge >= 0.3 is 0 Å². The van der Waals surface area contributed by atoms with Crippen LogP contribution in [0.15, 0.2) is 24.3 Å². The van der Waals surface area contributed by atoms with Crippen LogP contribution in [0.2, 0.25) is 0 Å². The molecule has 2 aliphatic rings. The van der Waals surface area contributed by atoms with Gasteiger partial charge in [-0.05, 0) is 61.2 Å². The molecule has 6 heteroatoms. The molecule has 0 spiro atoms. The van der Waals surface area contributed by atoms with Gasteiger partial charge in [-0.3, -0.25) is 0 Å². The van der Waals surface area contributed by atoms with Crippen LogP contribution in [0.1, 0.15) is 41.3 Å². The maximum Gasteiger partial charge on any atom is 0.172 e. The van der Waals surface area contributed by atoms with E-state index in [1.54, 1.807) is 7.11 Å². The van der Waals surface area contributed by atoms with Crippen molar-refractivity contribution in [3.8, 4) is 5.75 Å². The molecule has 1 atom stereocenters. The van der Waals surface area contributed by atoms with Gasteiger partial charge in [0.1, 0.15) is 11.6 Å². The fraction of sp³-hybridized carbons (Fsp3) is 0.333. The van der Waals surface area contributed by atoms with Crippen LogP contribution >= 0.6 is 12.2 Å². The molecule has 5 nitrogen and oxygen atoms in total. The largest absolute Gasteiger partial charge is 0.497 e. The molecule has 2 heterocycles. The number of hydrogen-bond donors (Lipinski definition) is 3. The monoisotopic (exact) mass is 340 g/mol. The summed E-state index contributed by atoms with van der Waals surface area (Å²) in [6, 6.07) is 7.87. The molecule has 4 rings (SSSR count). The van der Waals surface area contributed by atoms with Gasteiger partial charge in [-0.1, -0.05) is 12.1 Å². The lowest BCUT2D eigenvalue weighted by Crippen LogP contribution is -2.39. The number of benzene rings is 1. The second-order valence-corrected chi connectivity index (χ2v) is 6.63. The lowest BCUT2D eigenvalue weighted by molar-refractivity contribution is 0.414. The van der Waals surface area contributed by atoms with Gasteiger partial charge in [0.05, 0.1) is 13.2 Å². The van der Waals surface area contributed by atoms with Crippen molar-refractivity contribution in [2.75, 3.05) is 18.2 Å². The molecular formula is C18H20N4OS. The summed E-state index contributed by atoms with van der Waals surface area (Å²) in [6.45, 7) is 0. The van der Waals surface area contributed by atoms with Crippen molar-refractivity contribution < 1.29 is 4.74 Å². The Balaban J connectivity index is 1.84. The Hall–Kier alpha value is -2.34. The van der Waals surface area contributed by atoms with Crippen LogP contribution < -0.4 is 21.1 Å². The molecule has 0 amide bonds. The van der Waals surface area contributed by atoms with Crippen molar-refractivity contribution in [1.82, 2.24) is 10.3 Å². The summed E-state index contributed by atoms with van der Waals surface area (Å²) in [7, 11) is 1.66. The molecule has 124 valence electrons. The number of ether oxygens (including phenoxy) is 1. The number of rotatable bonds is 2. The Kier molecular flexibility index (Phi) is 3.76. The average molecular weight is 340 g/mol. The molecule has 0 fully saturated rings. The maximum absolute atomic E-state index is 6.57. The van der Waals surface area contributed by atoms with E-state index in [-0.39, 0.29) is 6.04 Å². The van der Waals surface area contributed by atoms with Crippen molar-refractivity contribution in [1.29, 1.82) is 0 Å². The second kappa shape index (κ2) is 5.94. The zero-order chi connectivity index (χ0) is 16.7. The number of fused-ring (bicyclic) bond motifs is 2. The predicted molar refractivity (Wildman–Crippen MR) is 99.5 cm³/mol. The summed E-state index contributed by atoms with van der Waals surface area (Å²) >= 11 is 5.38. The lowest BCUT2D eigenvalue weighted by Gasteiger charge is -2.32. The molecule has 1 aliphatic carbocycles. The first kappa shape index (κ1) is 15.2. The first-order valence-corrected chi connectivity index (χ1v) is 8.61. The normalized spacial score (nSPS) is 18.9. The Morgan fingerprint density at radius 2 is 1.96 bits per heavy atom. The van der Waals surface area contributed by atoms with Gasteiger partial charge in [0.2, 0.25) is 0 Å². The smallest absolute Gasteiger partial charge is 0.172 e. The standard InChI is InChI=1S/C18H20N4OS/c1-23-11-8-6-10(7-9-11)16-14-15(19)12-4-2-3-5-13(12)20-17(14)22-18(24)21-16/h6-9,16H,2-5H2,1H3,(H4,19,20,21,22,24). The number of nitrogens with zero attached hydrogens (tertiary/aromatic N) is 1. The first-order valence-electron chi connectivity index (χ1n) is 8.20. The number of pyridine rings is 1. The number of methoxy groups -OCH3 is 1. The molecule has 1 aliphatic heterocycles. The molecule has 1 aromatic heterocycles. The van der Waals surface area contributed by atoms with Gasteiger partial charge < -0.3 is 21.1 Å². The van der Waals surface area contributed by atoms with E-state index in [1.807, 2.05) is 24.3 Å². The molecule has 0 saturated heterocycles. The van der Waals surface area contributed by atoms with E-state index in [4.69, 9.17) is 27.7 Å². The molecule has 0 saturated carbocycles. The molecule has 1 aromatic carbocycles. The van der Waals surface area contributed by atoms with Crippen LogP contribution in [0.5, 0.6) is 5.75 Å². The van der Waals surface area contributed by atoms with Crippen molar-refractivity contribution in [2.45, 2.75) is 31.7 Å². The van der Waals surface area contributed by atoms with E-state index in [1.165, 1.54) is 18.4 Å². The molecule has 0 bridgehead atoms. The molecule has 4 N–H and O–H groups in total. The lowest BCUT2D eigenvalue weighted by atomic mass is 9.88. The summed E-state index contributed by atoms with van der Waals surface area (Å²) in [5.74, 6) is 1.62. The van der Waals surface area contributed by atoms with Gasteiger partial charge in [0.15, 0.2) is 5.11 Å². The number of anilines is 2. The summed E-state index contributed by atoms with van der Waals surface area (Å²) in [5, 5.41) is 7.09.